The summed E-state index contributed by atoms with van der Waals surface area (Å²) >= 11 is 11.7. The number of hydrogen-bond donors (Lipinski definition) is 2. The van der Waals surface area contributed by atoms with Gasteiger partial charge in [-0.2, -0.15) is 0 Å². The van der Waals surface area contributed by atoms with Gasteiger partial charge in [0.2, 0.25) is 15.9 Å². The van der Waals surface area contributed by atoms with Gasteiger partial charge in [0, 0.05) is 23.0 Å². The van der Waals surface area contributed by atoms with Gasteiger partial charge in [-0.25, -0.2) is 13.1 Å². The van der Waals surface area contributed by atoms with Crippen molar-refractivity contribution in [2.45, 2.75) is 24.3 Å². The molecule has 8 heteroatoms. The van der Waals surface area contributed by atoms with E-state index in [-0.39, 0.29) is 29.8 Å². The molecule has 5 nitrogen and oxygen atoms in total. The predicted octanol–water partition coefficient (Wildman–Crippen LogP) is 3.54. The monoisotopic (exact) mass is 400 g/mol. The molecule has 0 aliphatic rings. The summed E-state index contributed by atoms with van der Waals surface area (Å²) in [6.45, 7) is 1.83. The van der Waals surface area contributed by atoms with E-state index < -0.39 is 10.0 Å². The Morgan fingerprint density at radius 3 is 2.40 bits per heavy atom. The number of hydrogen-bond acceptors (Lipinski definition) is 3. The van der Waals surface area contributed by atoms with Crippen molar-refractivity contribution in [2.24, 2.45) is 0 Å². The lowest BCUT2D eigenvalue weighted by molar-refractivity contribution is -0.121. The molecular weight excluding hydrogens is 383 g/mol. The molecule has 25 heavy (non-hydrogen) atoms. The molecule has 0 aromatic heterocycles. The average Bonchev–Trinajstić information content (AvgIpc) is 2.55. The van der Waals surface area contributed by atoms with Crippen LogP contribution in [0.1, 0.15) is 24.9 Å². The van der Waals surface area contributed by atoms with Crippen molar-refractivity contribution < 1.29 is 13.2 Å². The minimum absolute atomic E-state index is 0.000934. The van der Waals surface area contributed by atoms with Crippen LogP contribution in [0.15, 0.2) is 53.4 Å². The van der Waals surface area contributed by atoms with Crippen LogP contribution < -0.4 is 10.0 Å². The normalized spacial score (nSPS) is 12.6. The minimum Gasteiger partial charge on any atom is -0.350 e. The zero-order valence-electron chi connectivity index (χ0n) is 13.5. The lowest BCUT2D eigenvalue weighted by Crippen LogP contribution is -2.32. The summed E-state index contributed by atoms with van der Waals surface area (Å²) in [5.74, 6) is -0.258. The average molecular weight is 401 g/mol. The molecule has 0 spiro atoms. The second-order valence-corrected chi connectivity index (χ2v) is 8.09. The van der Waals surface area contributed by atoms with Crippen molar-refractivity contribution >= 4 is 39.1 Å². The summed E-state index contributed by atoms with van der Waals surface area (Å²) in [4.78, 5) is 12.1. The maximum absolute atomic E-state index is 12.1. The molecular formula is C17H18Cl2N2O3S. The van der Waals surface area contributed by atoms with Gasteiger partial charge in [0.1, 0.15) is 0 Å². The Hall–Kier alpha value is -1.60. The summed E-state index contributed by atoms with van der Waals surface area (Å²) in [5.41, 5.74) is 0.877. The largest absolute Gasteiger partial charge is 0.350 e. The molecule has 0 radical (unpaired) electrons. The van der Waals surface area contributed by atoms with Crippen molar-refractivity contribution in [3.63, 3.8) is 0 Å². The van der Waals surface area contributed by atoms with Crippen LogP contribution in [0.5, 0.6) is 0 Å². The van der Waals surface area contributed by atoms with Crippen LogP contribution in [0.3, 0.4) is 0 Å². The molecule has 0 saturated heterocycles. The lowest BCUT2D eigenvalue weighted by atomic mass is 10.1. The molecule has 0 heterocycles. The van der Waals surface area contributed by atoms with Crippen LogP contribution in [-0.4, -0.2) is 20.9 Å². The van der Waals surface area contributed by atoms with Gasteiger partial charge < -0.3 is 5.32 Å². The first-order valence-electron chi connectivity index (χ1n) is 7.58. The van der Waals surface area contributed by atoms with Crippen molar-refractivity contribution in [1.29, 1.82) is 0 Å². The Balaban J connectivity index is 1.84. The van der Waals surface area contributed by atoms with Crippen LogP contribution in [0.25, 0.3) is 0 Å². The molecule has 1 amide bonds. The summed E-state index contributed by atoms with van der Waals surface area (Å²) in [5, 5.41) is 3.85. The van der Waals surface area contributed by atoms with E-state index in [0.717, 1.165) is 5.56 Å². The highest BCUT2D eigenvalue weighted by Gasteiger charge is 2.15. The molecule has 0 bridgehead atoms. The summed E-state index contributed by atoms with van der Waals surface area (Å²) < 4.78 is 26.6. The van der Waals surface area contributed by atoms with Gasteiger partial charge >= 0.3 is 0 Å². The van der Waals surface area contributed by atoms with Crippen LogP contribution in [0.4, 0.5) is 0 Å². The molecule has 2 aromatic rings. The fraction of sp³-hybridized carbons (Fsp3) is 0.235. The standard InChI is InChI=1S/C17H18Cl2N2O3S/c1-12(13-3-2-4-15(19)11-13)21-17(22)9-10-20-25(23,24)16-7-5-14(18)6-8-16/h2-8,11-12,20H,9-10H2,1H3,(H,21,22). The zero-order chi connectivity index (χ0) is 18.4. The molecule has 0 aliphatic carbocycles. The van der Waals surface area contributed by atoms with Crippen molar-refractivity contribution in [2.75, 3.05) is 6.54 Å². The number of carbonyl (C=O) groups excluding carboxylic acids is 1. The van der Waals surface area contributed by atoms with E-state index in [1.165, 1.54) is 24.3 Å². The Kier molecular flexibility index (Phi) is 6.84. The Labute approximate surface area is 157 Å². The van der Waals surface area contributed by atoms with E-state index in [2.05, 4.69) is 10.0 Å². The van der Waals surface area contributed by atoms with E-state index >= 15 is 0 Å². The fourth-order valence-electron chi connectivity index (χ4n) is 2.17. The summed E-state index contributed by atoms with van der Waals surface area (Å²) in [6, 6.07) is 12.8. The van der Waals surface area contributed by atoms with Gasteiger partial charge in [-0.1, -0.05) is 35.3 Å². The molecule has 1 unspecified atom stereocenters. The fourth-order valence-corrected chi connectivity index (χ4v) is 3.53. The molecule has 2 N–H and O–H groups in total. The highest BCUT2D eigenvalue weighted by molar-refractivity contribution is 7.89. The van der Waals surface area contributed by atoms with Crippen LogP contribution in [-0.2, 0) is 14.8 Å². The highest BCUT2D eigenvalue weighted by atomic mass is 35.5. The molecule has 0 saturated carbocycles. The van der Waals surface area contributed by atoms with E-state index in [4.69, 9.17) is 23.2 Å². The molecule has 134 valence electrons. The Bertz CT molecular complexity index is 839. The van der Waals surface area contributed by atoms with E-state index in [9.17, 15) is 13.2 Å². The van der Waals surface area contributed by atoms with Gasteiger partial charge in [-0.05, 0) is 48.9 Å². The summed E-state index contributed by atoms with van der Waals surface area (Å²) in [7, 11) is -3.67. The Morgan fingerprint density at radius 2 is 1.76 bits per heavy atom. The molecule has 1 atom stereocenters. The first-order valence-corrected chi connectivity index (χ1v) is 9.82. The first-order chi connectivity index (χ1) is 11.8. The van der Waals surface area contributed by atoms with E-state index in [1.807, 2.05) is 13.0 Å². The molecule has 0 fully saturated rings. The number of sulfonamides is 1. The maximum Gasteiger partial charge on any atom is 0.240 e. The number of amides is 1. The number of benzene rings is 2. The van der Waals surface area contributed by atoms with E-state index in [1.54, 1.807) is 18.2 Å². The predicted molar refractivity (Wildman–Crippen MR) is 99.3 cm³/mol. The quantitative estimate of drug-likeness (QED) is 0.745. The SMILES string of the molecule is CC(NC(=O)CCNS(=O)(=O)c1ccc(Cl)cc1)c1cccc(Cl)c1. The number of carbonyl (C=O) groups is 1. The number of halogens is 2. The van der Waals surface area contributed by atoms with E-state index in [0.29, 0.717) is 10.0 Å². The second-order valence-electron chi connectivity index (χ2n) is 5.45. The van der Waals surface area contributed by atoms with Crippen LogP contribution >= 0.6 is 23.2 Å². The first kappa shape index (κ1) is 19.7. The van der Waals surface area contributed by atoms with Gasteiger partial charge in [0.25, 0.3) is 0 Å². The van der Waals surface area contributed by atoms with Crippen molar-refractivity contribution in [3.05, 3.63) is 64.1 Å². The van der Waals surface area contributed by atoms with Gasteiger partial charge in [-0.3, -0.25) is 4.79 Å². The highest BCUT2D eigenvalue weighted by Crippen LogP contribution is 2.17. The van der Waals surface area contributed by atoms with Crippen molar-refractivity contribution in [3.8, 4) is 0 Å². The zero-order valence-corrected chi connectivity index (χ0v) is 15.8. The third-order valence-corrected chi connectivity index (χ3v) is 5.46. The van der Waals surface area contributed by atoms with Crippen molar-refractivity contribution in [1.82, 2.24) is 10.0 Å². The smallest absolute Gasteiger partial charge is 0.240 e. The second kappa shape index (κ2) is 8.67. The number of rotatable bonds is 7. The molecule has 2 aromatic carbocycles. The third kappa shape index (κ3) is 6.01. The maximum atomic E-state index is 12.1. The van der Waals surface area contributed by atoms with Crippen LogP contribution in [0, 0.1) is 0 Å². The van der Waals surface area contributed by atoms with Gasteiger partial charge in [0.15, 0.2) is 0 Å². The number of nitrogens with one attached hydrogen (secondary N) is 2. The van der Waals surface area contributed by atoms with Gasteiger partial charge in [-0.15, -0.1) is 0 Å². The topological polar surface area (TPSA) is 75.3 Å². The summed E-state index contributed by atoms with van der Waals surface area (Å²) in [6.07, 6.45) is 0.0255. The van der Waals surface area contributed by atoms with Crippen LogP contribution in [0.2, 0.25) is 10.0 Å². The minimum atomic E-state index is -3.67. The molecule has 0 aliphatic heterocycles. The lowest BCUT2D eigenvalue weighted by Gasteiger charge is -2.15. The Morgan fingerprint density at radius 1 is 1.08 bits per heavy atom. The van der Waals surface area contributed by atoms with Gasteiger partial charge in [0.05, 0.1) is 10.9 Å². The third-order valence-electron chi connectivity index (χ3n) is 3.49. The molecule has 2 rings (SSSR count).